The van der Waals surface area contributed by atoms with Crippen molar-refractivity contribution in [1.29, 1.82) is 0 Å². The Balaban J connectivity index is 1.54. The van der Waals surface area contributed by atoms with Gasteiger partial charge in [0.15, 0.2) is 5.78 Å². The van der Waals surface area contributed by atoms with Crippen molar-refractivity contribution in [2.45, 2.75) is 19.3 Å². The topological polar surface area (TPSA) is 63.9 Å². The van der Waals surface area contributed by atoms with Crippen LogP contribution in [-0.2, 0) is 18.3 Å². The van der Waals surface area contributed by atoms with Crippen LogP contribution in [0.15, 0.2) is 36.9 Å². The van der Waals surface area contributed by atoms with E-state index >= 15 is 0 Å². The summed E-state index contributed by atoms with van der Waals surface area (Å²) in [4.78, 5) is 22.3. The zero-order valence-corrected chi connectivity index (χ0v) is 13.9. The molecule has 1 aliphatic heterocycles. The highest BCUT2D eigenvalue weighted by Crippen LogP contribution is 2.22. The molecule has 6 nitrogen and oxygen atoms in total. The predicted octanol–water partition coefficient (Wildman–Crippen LogP) is 2.24. The van der Waals surface area contributed by atoms with Crippen LogP contribution in [0.1, 0.15) is 24.0 Å². The number of ketones is 1. The average Bonchev–Trinajstić information content (AvgIpc) is 3.18. The van der Waals surface area contributed by atoms with E-state index in [4.69, 9.17) is 5.48 Å². The molecule has 3 aromatic rings. The van der Waals surface area contributed by atoms with Crippen LogP contribution in [0.5, 0.6) is 0 Å². The summed E-state index contributed by atoms with van der Waals surface area (Å²) in [5.74, 6) is -0.275. The summed E-state index contributed by atoms with van der Waals surface area (Å²) in [6, 6.07) is 3.76. The van der Waals surface area contributed by atoms with Crippen molar-refractivity contribution >= 4 is 16.7 Å². The number of aromatic nitrogens is 4. The second kappa shape index (κ2) is 6.72. The van der Waals surface area contributed by atoms with Crippen LogP contribution in [-0.4, -0.2) is 50.0 Å². The quantitative estimate of drug-likeness (QED) is 0.713. The number of likely N-dealkylation sites (tertiary alicyclic amines) is 1. The molecule has 6 heteroatoms. The molecule has 1 aliphatic rings. The molecule has 25 heavy (non-hydrogen) atoms. The van der Waals surface area contributed by atoms with Crippen molar-refractivity contribution in [2.24, 2.45) is 7.05 Å². The van der Waals surface area contributed by atoms with Crippen molar-refractivity contribution in [3.63, 3.8) is 0 Å². The highest BCUT2D eigenvalue weighted by molar-refractivity contribution is 5.86. The average molecular weight is 339 g/mol. The lowest BCUT2D eigenvalue weighted by molar-refractivity contribution is -0.119. The number of carbonyl (C=O) groups excluding carboxylic acids is 1. The van der Waals surface area contributed by atoms with Crippen LogP contribution in [0, 0.1) is 0 Å². The molecule has 0 aliphatic carbocycles. The van der Waals surface area contributed by atoms with Gasteiger partial charge < -0.3 is 0 Å². The fourth-order valence-corrected chi connectivity index (χ4v) is 2.89. The maximum Gasteiger partial charge on any atom is 0.152 e. The summed E-state index contributed by atoms with van der Waals surface area (Å²) in [5, 5.41) is 5.01. The minimum Gasteiger partial charge on any atom is -0.298 e. The summed E-state index contributed by atoms with van der Waals surface area (Å²) in [6.45, 7) is -3.93. The number of fused-ring (bicyclic) bond motifs is 1. The lowest BCUT2D eigenvalue weighted by Gasteiger charge is -2.13. The molecule has 3 aromatic heterocycles. The third-order valence-electron chi connectivity index (χ3n) is 4.11. The van der Waals surface area contributed by atoms with Gasteiger partial charge in [0, 0.05) is 47.1 Å². The largest absolute Gasteiger partial charge is 0.298 e. The smallest absolute Gasteiger partial charge is 0.152 e. The molecule has 0 radical (unpaired) electrons. The third kappa shape index (κ3) is 3.58. The number of carbonyl (C=O) groups is 1. The van der Waals surface area contributed by atoms with Crippen LogP contribution in [0.25, 0.3) is 22.0 Å². The van der Waals surface area contributed by atoms with Gasteiger partial charge in [-0.25, -0.2) is 0 Å². The van der Waals surface area contributed by atoms with E-state index in [9.17, 15) is 4.79 Å². The van der Waals surface area contributed by atoms with Gasteiger partial charge in [0.2, 0.25) is 0 Å². The van der Waals surface area contributed by atoms with Crippen LogP contribution in [0.4, 0.5) is 0 Å². The zero-order valence-electron chi connectivity index (χ0n) is 17.9. The molecule has 0 N–H and O–H groups in total. The Kier molecular flexibility index (Phi) is 3.19. The molecule has 4 heterocycles. The van der Waals surface area contributed by atoms with Crippen molar-refractivity contribution in [1.82, 2.24) is 24.6 Å². The number of rotatable bonds is 5. The molecular weight excluding hydrogens is 314 g/mol. The standard InChI is InChI=1S/C19H21N5O/c1-23-12-16(10-22-23)15-6-14-7-17(20-11-19(14)21-9-15)8-18(25)13-24-4-2-3-5-24/h6-7,9-12H,2-5,8,13H2,1H3/i4D2,5D2. The minimum absolute atomic E-state index is 0.00964. The molecular formula is C19H21N5O. The fourth-order valence-electron chi connectivity index (χ4n) is 2.89. The Morgan fingerprint density at radius 1 is 1.16 bits per heavy atom. The lowest BCUT2D eigenvalue weighted by Crippen LogP contribution is -2.27. The summed E-state index contributed by atoms with van der Waals surface area (Å²) < 4.78 is 33.5. The highest BCUT2D eigenvalue weighted by atomic mass is 16.1. The third-order valence-corrected chi connectivity index (χ3v) is 4.11. The highest BCUT2D eigenvalue weighted by Gasteiger charge is 2.16. The van der Waals surface area contributed by atoms with Gasteiger partial charge >= 0.3 is 0 Å². The SMILES string of the molecule is [2H]C1([2H])CCC([2H])([2H])N1CC(=O)Cc1cc2cc(-c3cnn(C)c3)cnc2cn1. The first-order chi connectivity index (χ1) is 13.6. The minimum atomic E-state index is -1.82. The first-order valence-electron chi connectivity index (χ1n) is 10.2. The number of Topliss-reactive ketones (excluding diaryl/α,β-unsaturated/α-hetero) is 1. The van der Waals surface area contributed by atoms with Gasteiger partial charge in [-0.05, 0) is 38.0 Å². The van der Waals surface area contributed by atoms with E-state index in [-0.39, 0.29) is 31.6 Å². The first kappa shape index (κ1) is 11.9. The molecule has 128 valence electrons. The summed E-state index contributed by atoms with van der Waals surface area (Å²) in [5.41, 5.74) is 3.11. The van der Waals surface area contributed by atoms with Gasteiger partial charge in [-0.3, -0.25) is 24.3 Å². The maximum atomic E-state index is 12.5. The van der Waals surface area contributed by atoms with Crippen molar-refractivity contribution in [3.05, 3.63) is 42.6 Å². The van der Waals surface area contributed by atoms with Crippen LogP contribution < -0.4 is 0 Å². The van der Waals surface area contributed by atoms with E-state index in [1.54, 1.807) is 29.3 Å². The van der Waals surface area contributed by atoms with E-state index in [0.717, 1.165) is 21.4 Å². The molecule has 0 aromatic carbocycles. The Morgan fingerprint density at radius 3 is 2.76 bits per heavy atom. The first-order valence-corrected chi connectivity index (χ1v) is 8.17. The second-order valence-corrected chi connectivity index (χ2v) is 6.11. The van der Waals surface area contributed by atoms with Gasteiger partial charge in [0.25, 0.3) is 0 Å². The van der Waals surface area contributed by atoms with E-state index in [2.05, 4.69) is 15.1 Å². The molecule has 0 bridgehead atoms. The van der Waals surface area contributed by atoms with Gasteiger partial charge in [-0.15, -0.1) is 0 Å². The van der Waals surface area contributed by atoms with Crippen molar-refractivity contribution in [3.8, 4) is 11.1 Å². The molecule has 1 fully saturated rings. The van der Waals surface area contributed by atoms with Gasteiger partial charge in [-0.2, -0.15) is 5.10 Å². The molecule has 0 atom stereocenters. The number of nitrogens with zero attached hydrogens (tertiary/aromatic N) is 5. The summed E-state index contributed by atoms with van der Waals surface area (Å²) >= 11 is 0. The maximum absolute atomic E-state index is 12.5. The summed E-state index contributed by atoms with van der Waals surface area (Å²) in [7, 11) is 1.84. The van der Waals surface area contributed by atoms with Crippen LogP contribution in [0.3, 0.4) is 0 Å². The molecule has 0 amide bonds. The molecule has 0 spiro atoms. The Morgan fingerprint density at radius 2 is 2.00 bits per heavy atom. The van der Waals surface area contributed by atoms with Crippen LogP contribution >= 0.6 is 0 Å². The lowest BCUT2D eigenvalue weighted by atomic mass is 10.1. The Labute approximate surface area is 152 Å². The Hall–Kier alpha value is -2.60. The number of hydrogen-bond acceptors (Lipinski definition) is 5. The van der Waals surface area contributed by atoms with Gasteiger partial charge in [0.1, 0.15) is 0 Å². The molecule has 1 saturated heterocycles. The molecule has 4 rings (SSSR count). The number of pyridine rings is 2. The fraction of sp³-hybridized carbons (Fsp3) is 0.368. The molecule has 0 saturated carbocycles. The normalized spacial score (nSPS) is 21.5. The monoisotopic (exact) mass is 339 g/mol. The van der Waals surface area contributed by atoms with Crippen LogP contribution in [0.2, 0.25) is 0 Å². The van der Waals surface area contributed by atoms with Gasteiger partial charge in [-0.1, -0.05) is 0 Å². The van der Waals surface area contributed by atoms with E-state index < -0.39 is 13.0 Å². The zero-order chi connectivity index (χ0) is 20.8. The van der Waals surface area contributed by atoms with E-state index in [1.165, 1.54) is 0 Å². The van der Waals surface area contributed by atoms with Gasteiger partial charge in [0.05, 0.1) is 30.9 Å². The predicted molar refractivity (Wildman–Crippen MR) is 96.1 cm³/mol. The number of aryl methyl sites for hydroxylation is 1. The van der Waals surface area contributed by atoms with Crippen molar-refractivity contribution < 1.29 is 10.3 Å². The molecule has 0 unspecified atom stereocenters. The van der Waals surface area contributed by atoms with E-state index in [0.29, 0.717) is 11.2 Å². The Bertz CT molecular complexity index is 1070. The number of hydrogen-bond donors (Lipinski definition) is 0. The summed E-state index contributed by atoms with van der Waals surface area (Å²) in [6.07, 6.45) is 7.17. The van der Waals surface area contributed by atoms with E-state index in [1.807, 2.05) is 19.3 Å². The second-order valence-electron chi connectivity index (χ2n) is 6.11. The van der Waals surface area contributed by atoms with Crippen molar-refractivity contribution in [2.75, 3.05) is 19.5 Å².